The van der Waals surface area contributed by atoms with E-state index in [1.54, 1.807) is 7.11 Å². The fourth-order valence-electron chi connectivity index (χ4n) is 3.19. The summed E-state index contributed by atoms with van der Waals surface area (Å²) >= 11 is 13.4. The first-order chi connectivity index (χ1) is 13.1. The van der Waals surface area contributed by atoms with Crippen LogP contribution in [0.15, 0.2) is 30.5 Å². The Bertz CT molecular complexity index is 1040. The zero-order chi connectivity index (χ0) is 19.0. The molecule has 0 atom stereocenters. The van der Waals surface area contributed by atoms with Gasteiger partial charge in [-0.1, -0.05) is 46.7 Å². The van der Waals surface area contributed by atoms with Gasteiger partial charge in [-0.05, 0) is 31.4 Å². The van der Waals surface area contributed by atoms with Crippen LogP contribution < -0.4 is 10.1 Å². The second-order valence-corrected chi connectivity index (χ2v) is 7.87. The number of pyridine rings is 1. The molecule has 27 heavy (non-hydrogen) atoms. The first-order valence-corrected chi connectivity index (χ1v) is 9.92. The number of carbonyl (C=O) groups is 1. The number of halogens is 2. The maximum absolute atomic E-state index is 12.6. The lowest BCUT2D eigenvalue weighted by Gasteiger charge is -2.10. The lowest BCUT2D eigenvalue weighted by Crippen LogP contribution is -2.13. The number of methoxy groups -OCH3 is 1. The quantitative estimate of drug-likeness (QED) is 0.587. The molecule has 5 nitrogen and oxygen atoms in total. The zero-order valence-corrected chi connectivity index (χ0v) is 16.7. The van der Waals surface area contributed by atoms with Crippen LogP contribution in [0.2, 0.25) is 10.2 Å². The molecule has 0 saturated heterocycles. The fraction of sp³-hybridized carbons (Fsp3) is 0.211. The van der Waals surface area contributed by atoms with Crippen molar-refractivity contribution in [3.63, 3.8) is 0 Å². The van der Waals surface area contributed by atoms with Gasteiger partial charge in [0.2, 0.25) is 0 Å². The van der Waals surface area contributed by atoms with E-state index >= 15 is 0 Å². The Morgan fingerprint density at radius 3 is 2.96 bits per heavy atom. The Morgan fingerprint density at radius 1 is 1.30 bits per heavy atom. The Morgan fingerprint density at radius 2 is 2.15 bits per heavy atom. The molecule has 0 unspecified atom stereocenters. The highest BCUT2D eigenvalue weighted by Crippen LogP contribution is 2.41. The van der Waals surface area contributed by atoms with Gasteiger partial charge >= 0.3 is 0 Å². The largest absolute Gasteiger partial charge is 0.496 e. The first kappa shape index (κ1) is 18.2. The summed E-state index contributed by atoms with van der Waals surface area (Å²) in [6.45, 7) is 0. The third-order valence-corrected chi connectivity index (χ3v) is 5.96. The lowest BCUT2D eigenvalue weighted by atomic mass is 10.0. The summed E-state index contributed by atoms with van der Waals surface area (Å²) in [6.07, 6.45) is 4.16. The van der Waals surface area contributed by atoms with Crippen molar-refractivity contribution in [3.05, 3.63) is 57.5 Å². The minimum Gasteiger partial charge on any atom is -0.496 e. The summed E-state index contributed by atoms with van der Waals surface area (Å²) in [4.78, 5) is 22.2. The van der Waals surface area contributed by atoms with Crippen molar-refractivity contribution in [2.24, 2.45) is 0 Å². The lowest BCUT2D eigenvalue weighted by molar-refractivity contribution is 0.102. The van der Waals surface area contributed by atoms with E-state index in [0.29, 0.717) is 10.2 Å². The smallest absolute Gasteiger partial charge is 0.260 e. The average Bonchev–Trinajstić information content (AvgIpc) is 2.97. The third-order valence-electron chi connectivity index (χ3n) is 4.41. The molecule has 1 aromatic carbocycles. The molecule has 0 spiro atoms. The molecule has 1 N–H and O–H groups in total. The van der Waals surface area contributed by atoms with Crippen molar-refractivity contribution in [3.8, 4) is 16.2 Å². The Balaban J connectivity index is 1.68. The minimum absolute atomic E-state index is 0.102. The number of rotatable bonds is 3. The van der Waals surface area contributed by atoms with Gasteiger partial charge < -0.3 is 4.74 Å². The summed E-state index contributed by atoms with van der Waals surface area (Å²) in [5, 5.41) is 3.79. The number of amides is 1. The molecule has 0 fully saturated rings. The highest BCUT2D eigenvalue weighted by molar-refractivity contribution is 7.19. The Labute approximate surface area is 170 Å². The molecular formula is C19H15Cl2N3O2S. The van der Waals surface area contributed by atoms with Gasteiger partial charge in [-0.25, -0.2) is 9.97 Å². The van der Waals surface area contributed by atoms with E-state index < -0.39 is 0 Å². The molecule has 2 aromatic heterocycles. The van der Waals surface area contributed by atoms with Crippen LogP contribution in [0.1, 0.15) is 28.0 Å². The summed E-state index contributed by atoms with van der Waals surface area (Å²) in [5.74, 6) is 0.501. The number of nitrogens with zero attached hydrogens (tertiary/aromatic N) is 2. The molecule has 0 aliphatic heterocycles. The molecular weight excluding hydrogens is 405 g/mol. The van der Waals surface area contributed by atoms with Crippen LogP contribution in [-0.4, -0.2) is 23.0 Å². The van der Waals surface area contributed by atoms with E-state index in [4.69, 9.17) is 27.9 Å². The standard InChI is InChI=1S/C19H15Cl2N3O2S/c1-26-15-7-3-5-12-11(15)4-2-6-14-16(12)27-19(23-14)24-18(25)13-8-10(20)9-22-17(13)21/h3,5,7-9H,2,4,6H2,1H3,(H,23,24,25). The predicted octanol–water partition coefficient (Wildman–Crippen LogP) is 5.26. The molecule has 4 rings (SSSR count). The SMILES string of the molecule is COc1cccc2c1CCCc1nc(NC(=O)c3cc(Cl)cnc3Cl)sc1-2. The number of thiazole rings is 1. The topological polar surface area (TPSA) is 64.1 Å². The monoisotopic (exact) mass is 419 g/mol. The van der Waals surface area contributed by atoms with Crippen molar-refractivity contribution in [1.29, 1.82) is 0 Å². The van der Waals surface area contributed by atoms with Crippen molar-refractivity contribution in [2.45, 2.75) is 19.3 Å². The number of nitrogens with one attached hydrogen (secondary N) is 1. The van der Waals surface area contributed by atoms with Crippen LogP contribution in [-0.2, 0) is 12.8 Å². The highest BCUT2D eigenvalue weighted by atomic mass is 35.5. The van der Waals surface area contributed by atoms with Crippen LogP contribution in [0.5, 0.6) is 5.75 Å². The molecule has 1 amide bonds. The van der Waals surface area contributed by atoms with Crippen molar-refractivity contribution in [2.75, 3.05) is 12.4 Å². The Hall–Kier alpha value is -2.15. The number of aryl methyl sites for hydroxylation is 1. The third kappa shape index (κ3) is 3.52. The molecule has 8 heteroatoms. The van der Waals surface area contributed by atoms with E-state index in [1.165, 1.54) is 29.2 Å². The van der Waals surface area contributed by atoms with Gasteiger partial charge in [0.15, 0.2) is 5.13 Å². The summed E-state index contributed by atoms with van der Waals surface area (Å²) in [5.41, 5.74) is 3.50. The summed E-state index contributed by atoms with van der Waals surface area (Å²) in [6, 6.07) is 7.51. The van der Waals surface area contributed by atoms with Crippen molar-refractivity contribution < 1.29 is 9.53 Å². The number of fused-ring (bicyclic) bond motifs is 3. The van der Waals surface area contributed by atoms with Gasteiger partial charge in [0.1, 0.15) is 10.9 Å². The molecule has 0 radical (unpaired) electrons. The summed E-state index contributed by atoms with van der Waals surface area (Å²) < 4.78 is 5.52. The van der Waals surface area contributed by atoms with Gasteiger partial charge in [0, 0.05) is 17.3 Å². The van der Waals surface area contributed by atoms with Gasteiger partial charge in [0.25, 0.3) is 5.91 Å². The maximum atomic E-state index is 12.6. The van der Waals surface area contributed by atoms with E-state index in [2.05, 4.69) is 21.4 Å². The van der Waals surface area contributed by atoms with Crippen LogP contribution in [0.3, 0.4) is 0 Å². The van der Waals surface area contributed by atoms with Crippen molar-refractivity contribution in [1.82, 2.24) is 9.97 Å². The second-order valence-electron chi connectivity index (χ2n) is 6.08. The van der Waals surface area contributed by atoms with Gasteiger partial charge in [-0.3, -0.25) is 10.1 Å². The molecule has 3 aromatic rings. The number of hydrogen-bond acceptors (Lipinski definition) is 5. The highest BCUT2D eigenvalue weighted by Gasteiger charge is 2.23. The predicted molar refractivity (Wildman–Crippen MR) is 108 cm³/mol. The van der Waals surface area contributed by atoms with Gasteiger partial charge in [-0.15, -0.1) is 0 Å². The van der Waals surface area contributed by atoms with E-state index in [-0.39, 0.29) is 16.6 Å². The van der Waals surface area contributed by atoms with E-state index in [1.807, 2.05) is 12.1 Å². The molecule has 138 valence electrons. The zero-order valence-electron chi connectivity index (χ0n) is 14.4. The maximum Gasteiger partial charge on any atom is 0.260 e. The molecule has 0 saturated carbocycles. The van der Waals surface area contributed by atoms with Gasteiger partial charge in [0.05, 0.1) is 28.3 Å². The van der Waals surface area contributed by atoms with Crippen molar-refractivity contribution >= 4 is 45.6 Å². The number of anilines is 1. The van der Waals surface area contributed by atoms with Crippen LogP contribution in [0.4, 0.5) is 5.13 Å². The number of ether oxygens (including phenoxy) is 1. The number of hydrogen-bond donors (Lipinski definition) is 1. The molecule has 1 aliphatic rings. The second kappa shape index (κ2) is 7.46. The van der Waals surface area contributed by atoms with Crippen LogP contribution in [0, 0.1) is 0 Å². The van der Waals surface area contributed by atoms with Crippen LogP contribution in [0.25, 0.3) is 10.4 Å². The fourth-order valence-corrected chi connectivity index (χ4v) is 4.60. The van der Waals surface area contributed by atoms with Gasteiger partial charge in [-0.2, -0.15) is 0 Å². The average molecular weight is 420 g/mol. The summed E-state index contributed by atoms with van der Waals surface area (Å²) in [7, 11) is 1.68. The first-order valence-electron chi connectivity index (χ1n) is 8.35. The molecule has 1 aliphatic carbocycles. The Kier molecular flexibility index (Phi) is 5.04. The number of benzene rings is 1. The normalized spacial score (nSPS) is 12.7. The van der Waals surface area contributed by atoms with Crippen LogP contribution >= 0.6 is 34.5 Å². The van der Waals surface area contributed by atoms with E-state index in [9.17, 15) is 4.79 Å². The van der Waals surface area contributed by atoms with E-state index in [0.717, 1.165) is 41.1 Å². The number of carbonyl (C=O) groups excluding carboxylic acids is 1. The minimum atomic E-state index is -0.384. The molecule has 2 heterocycles. The number of aromatic nitrogens is 2. The molecule has 0 bridgehead atoms.